The van der Waals surface area contributed by atoms with E-state index in [1.807, 2.05) is 6.07 Å². The lowest BCUT2D eigenvalue weighted by Crippen LogP contribution is -2.23. The van der Waals surface area contributed by atoms with E-state index in [1.54, 1.807) is 30.5 Å². The maximum absolute atomic E-state index is 12.3. The van der Waals surface area contributed by atoms with Crippen LogP contribution in [0.15, 0.2) is 53.6 Å². The van der Waals surface area contributed by atoms with Crippen LogP contribution in [-0.4, -0.2) is 24.5 Å². The average Bonchev–Trinajstić information content (AvgIpc) is 3.00. The van der Waals surface area contributed by atoms with Gasteiger partial charge in [0.25, 0.3) is 5.91 Å². The molecule has 0 radical (unpaired) electrons. The van der Waals surface area contributed by atoms with E-state index in [2.05, 4.69) is 15.5 Å². The zero-order chi connectivity index (χ0) is 16.4. The molecule has 0 saturated heterocycles. The molecule has 0 fully saturated rings. The highest BCUT2D eigenvalue weighted by atomic mass is 32.2. The quantitative estimate of drug-likeness (QED) is 0.664. The predicted molar refractivity (Wildman–Crippen MR) is 85.1 cm³/mol. The van der Waals surface area contributed by atoms with Crippen molar-refractivity contribution in [3.63, 3.8) is 0 Å². The molecule has 3 rings (SSSR count). The fraction of sp³-hybridized carbons (Fsp3) is 0.0667. The van der Waals surface area contributed by atoms with Crippen molar-refractivity contribution in [3.05, 3.63) is 59.8 Å². The fourth-order valence-electron chi connectivity index (χ4n) is 2.27. The molecule has 0 unspecified atom stereocenters. The third-order valence-electron chi connectivity index (χ3n) is 3.40. The number of aromatic amines is 1. The van der Waals surface area contributed by atoms with Gasteiger partial charge in [0.2, 0.25) is 10.0 Å². The van der Waals surface area contributed by atoms with Gasteiger partial charge in [-0.05, 0) is 23.8 Å². The second kappa shape index (κ2) is 5.82. The van der Waals surface area contributed by atoms with Crippen molar-refractivity contribution in [3.8, 4) is 0 Å². The number of hydrogen-bond donors (Lipinski definition) is 3. The van der Waals surface area contributed by atoms with E-state index in [0.717, 1.165) is 5.39 Å². The van der Waals surface area contributed by atoms with E-state index in [4.69, 9.17) is 5.14 Å². The van der Waals surface area contributed by atoms with Crippen LogP contribution in [0.3, 0.4) is 0 Å². The number of carbonyl (C=O) groups is 1. The summed E-state index contributed by atoms with van der Waals surface area (Å²) in [5, 5.41) is 15.4. The second-order valence-corrected chi connectivity index (χ2v) is 6.58. The van der Waals surface area contributed by atoms with Gasteiger partial charge in [0.1, 0.15) is 0 Å². The Morgan fingerprint density at radius 1 is 1.22 bits per heavy atom. The SMILES string of the molecule is NS(=O)(=O)c1cccc(CNC(=O)c2cccc3cn[nH]c23)c1. The number of nitrogens with two attached hydrogens (primary N) is 1. The maximum atomic E-state index is 12.3. The minimum atomic E-state index is -3.76. The lowest BCUT2D eigenvalue weighted by Gasteiger charge is -2.07. The van der Waals surface area contributed by atoms with Crippen LogP contribution >= 0.6 is 0 Å². The van der Waals surface area contributed by atoms with Crippen LogP contribution in [0.2, 0.25) is 0 Å². The summed E-state index contributed by atoms with van der Waals surface area (Å²) in [7, 11) is -3.76. The molecule has 1 amide bonds. The van der Waals surface area contributed by atoms with Crippen molar-refractivity contribution in [2.24, 2.45) is 5.14 Å². The molecule has 2 aromatic carbocycles. The topological polar surface area (TPSA) is 118 Å². The number of sulfonamides is 1. The first-order chi connectivity index (χ1) is 10.9. The second-order valence-electron chi connectivity index (χ2n) is 5.01. The van der Waals surface area contributed by atoms with E-state index in [0.29, 0.717) is 16.6 Å². The van der Waals surface area contributed by atoms with Crippen LogP contribution in [0.5, 0.6) is 0 Å². The van der Waals surface area contributed by atoms with E-state index in [1.165, 1.54) is 12.1 Å². The molecule has 1 aromatic heterocycles. The van der Waals surface area contributed by atoms with Gasteiger partial charge in [0.05, 0.1) is 22.2 Å². The molecule has 8 heteroatoms. The Labute approximate surface area is 132 Å². The molecular formula is C15H14N4O3S. The highest BCUT2D eigenvalue weighted by molar-refractivity contribution is 7.89. The van der Waals surface area contributed by atoms with Gasteiger partial charge in [-0.2, -0.15) is 5.10 Å². The monoisotopic (exact) mass is 330 g/mol. The summed E-state index contributed by atoms with van der Waals surface area (Å²) >= 11 is 0. The van der Waals surface area contributed by atoms with Crippen molar-refractivity contribution in [2.75, 3.05) is 0 Å². The molecule has 0 bridgehead atoms. The summed E-state index contributed by atoms with van der Waals surface area (Å²) in [6.45, 7) is 0.187. The lowest BCUT2D eigenvalue weighted by atomic mass is 10.1. The van der Waals surface area contributed by atoms with Crippen LogP contribution in [0.25, 0.3) is 10.9 Å². The van der Waals surface area contributed by atoms with E-state index < -0.39 is 10.0 Å². The molecule has 3 aromatic rings. The number of aromatic nitrogens is 2. The van der Waals surface area contributed by atoms with Gasteiger partial charge in [-0.1, -0.05) is 24.3 Å². The molecule has 118 valence electrons. The maximum Gasteiger partial charge on any atom is 0.253 e. The Hall–Kier alpha value is -2.71. The molecule has 7 nitrogen and oxygen atoms in total. The first-order valence-electron chi connectivity index (χ1n) is 6.77. The summed E-state index contributed by atoms with van der Waals surface area (Å²) in [5.74, 6) is -0.277. The number of rotatable bonds is 4. The van der Waals surface area contributed by atoms with Gasteiger partial charge in [-0.25, -0.2) is 13.6 Å². The molecule has 0 aliphatic carbocycles. The minimum absolute atomic E-state index is 0.0138. The Bertz CT molecular complexity index is 979. The molecule has 23 heavy (non-hydrogen) atoms. The highest BCUT2D eigenvalue weighted by Crippen LogP contribution is 2.16. The van der Waals surface area contributed by atoms with Crippen molar-refractivity contribution in [1.82, 2.24) is 15.5 Å². The minimum Gasteiger partial charge on any atom is -0.348 e. The lowest BCUT2D eigenvalue weighted by molar-refractivity contribution is 0.0952. The number of para-hydroxylation sites is 1. The smallest absolute Gasteiger partial charge is 0.253 e. The van der Waals surface area contributed by atoms with Crippen molar-refractivity contribution >= 4 is 26.8 Å². The van der Waals surface area contributed by atoms with Gasteiger partial charge in [-0.15, -0.1) is 0 Å². The summed E-state index contributed by atoms with van der Waals surface area (Å²) in [6.07, 6.45) is 1.64. The van der Waals surface area contributed by atoms with Crippen LogP contribution in [0.1, 0.15) is 15.9 Å². The number of hydrogen-bond acceptors (Lipinski definition) is 4. The van der Waals surface area contributed by atoms with Crippen molar-refractivity contribution < 1.29 is 13.2 Å². The Kier molecular flexibility index (Phi) is 3.85. The van der Waals surface area contributed by atoms with Gasteiger partial charge >= 0.3 is 0 Å². The largest absolute Gasteiger partial charge is 0.348 e. The normalized spacial score (nSPS) is 11.5. The predicted octanol–water partition coefficient (Wildman–Crippen LogP) is 1.14. The number of fused-ring (bicyclic) bond motifs is 1. The number of benzene rings is 2. The van der Waals surface area contributed by atoms with Crippen LogP contribution in [-0.2, 0) is 16.6 Å². The Morgan fingerprint density at radius 2 is 2.00 bits per heavy atom. The van der Waals surface area contributed by atoms with Crippen LogP contribution in [0.4, 0.5) is 0 Å². The third-order valence-corrected chi connectivity index (χ3v) is 4.31. The zero-order valence-electron chi connectivity index (χ0n) is 12.0. The fourth-order valence-corrected chi connectivity index (χ4v) is 2.85. The molecule has 0 saturated carbocycles. The summed E-state index contributed by atoms with van der Waals surface area (Å²) in [4.78, 5) is 12.3. The molecule has 0 spiro atoms. The highest BCUT2D eigenvalue weighted by Gasteiger charge is 2.12. The van der Waals surface area contributed by atoms with E-state index >= 15 is 0 Å². The Balaban J connectivity index is 1.78. The third kappa shape index (κ3) is 3.22. The van der Waals surface area contributed by atoms with Gasteiger partial charge in [-0.3, -0.25) is 9.89 Å². The number of carbonyl (C=O) groups excluding carboxylic acids is 1. The average molecular weight is 330 g/mol. The summed E-state index contributed by atoms with van der Waals surface area (Å²) in [5.41, 5.74) is 1.77. The van der Waals surface area contributed by atoms with Gasteiger partial charge in [0.15, 0.2) is 0 Å². The molecule has 1 heterocycles. The van der Waals surface area contributed by atoms with Crippen molar-refractivity contribution in [2.45, 2.75) is 11.4 Å². The summed E-state index contributed by atoms with van der Waals surface area (Å²) in [6, 6.07) is 11.5. The van der Waals surface area contributed by atoms with E-state index in [9.17, 15) is 13.2 Å². The number of amides is 1. The van der Waals surface area contributed by atoms with Crippen molar-refractivity contribution in [1.29, 1.82) is 0 Å². The molecule has 4 N–H and O–H groups in total. The van der Waals surface area contributed by atoms with E-state index in [-0.39, 0.29) is 17.3 Å². The molecule has 0 atom stereocenters. The molecule has 0 aliphatic rings. The Morgan fingerprint density at radius 3 is 2.78 bits per heavy atom. The number of primary sulfonamides is 1. The van der Waals surface area contributed by atoms with Crippen LogP contribution in [0, 0.1) is 0 Å². The number of H-pyrrole nitrogens is 1. The zero-order valence-corrected chi connectivity index (χ0v) is 12.8. The number of nitrogens with zero attached hydrogens (tertiary/aromatic N) is 1. The first kappa shape index (κ1) is 15.2. The van der Waals surface area contributed by atoms with Crippen LogP contribution < -0.4 is 10.5 Å². The van der Waals surface area contributed by atoms with Gasteiger partial charge < -0.3 is 5.32 Å². The molecule has 0 aliphatic heterocycles. The van der Waals surface area contributed by atoms with Gasteiger partial charge in [0, 0.05) is 11.9 Å². The summed E-state index contributed by atoms with van der Waals surface area (Å²) < 4.78 is 22.7. The first-order valence-corrected chi connectivity index (χ1v) is 8.32. The number of nitrogens with one attached hydrogen (secondary N) is 2. The molecular weight excluding hydrogens is 316 g/mol. The standard InChI is InChI=1S/C15H14N4O3S/c16-23(21,22)12-5-1-3-10(7-12)8-17-15(20)13-6-2-4-11-9-18-19-14(11)13/h1-7,9H,8H2,(H,17,20)(H,18,19)(H2,16,21,22).